The lowest BCUT2D eigenvalue weighted by Crippen LogP contribution is -2.61. The highest BCUT2D eigenvalue weighted by Gasteiger charge is 2.53. The Morgan fingerprint density at radius 3 is 1.69 bits per heavy atom. The number of rotatable bonds is 9. The molecule has 16 nitrogen and oxygen atoms in total. The number of hydrogen-bond donors (Lipinski definition) is 0. The fourth-order valence-electron chi connectivity index (χ4n) is 5.01. The number of carbonyl (C=O) groups excluding carboxylic acids is 6. The van der Waals surface area contributed by atoms with Crippen molar-refractivity contribution in [2.45, 2.75) is 65.3 Å². The largest absolute Gasteiger partial charge is 0.463 e. The fraction of sp³-hybridized carbons (Fsp3) is 0.344. The molecule has 4 rings (SSSR count). The van der Waals surface area contributed by atoms with Gasteiger partial charge in [-0.05, 0) is 43.4 Å². The molecule has 1 saturated heterocycles. The molecule has 0 saturated carbocycles. The molecule has 0 unspecified atom stereocenters. The van der Waals surface area contributed by atoms with Crippen LogP contribution in [0.1, 0.15) is 60.3 Å². The Hall–Kier alpha value is -5.55. The van der Waals surface area contributed by atoms with Gasteiger partial charge in [-0.3, -0.25) is 33.6 Å². The zero-order valence-corrected chi connectivity index (χ0v) is 27.8. The molecular weight excluding hydrogens is 664 g/mol. The normalized spacial score (nSPS) is 20.0. The first-order chi connectivity index (χ1) is 23.2. The van der Waals surface area contributed by atoms with Gasteiger partial charge in [-0.25, -0.2) is 4.68 Å². The third-order valence-corrected chi connectivity index (χ3v) is 7.33. The number of esters is 4. The number of benzene rings is 2. The summed E-state index contributed by atoms with van der Waals surface area (Å²) < 4.78 is 28.6. The first kappa shape index (κ1) is 36.3. The Bertz CT molecular complexity index is 1830. The standard InChI is InChI=1S/C32H32N4O12S/c1-17-28(41)36(35(29(42)22-12-8-6-9-13-22)30(43)23-14-10-7-11-15-23)32(49)34(33-17)31-27(47-21(5)40)26(46-20(4)39)25(45-19(3)38)24(48-31)16-44-18(2)37/h6-15,24-27,31H,16H2,1-5H3/t24-,25-,26+,27-,31-/m1/s1. The monoisotopic (exact) mass is 696 g/mol. The highest BCUT2D eigenvalue weighted by Crippen LogP contribution is 2.34. The van der Waals surface area contributed by atoms with Gasteiger partial charge in [0.2, 0.25) is 4.77 Å². The second-order valence-corrected chi connectivity index (χ2v) is 11.0. The molecule has 1 fully saturated rings. The molecule has 2 amide bonds. The van der Waals surface area contributed by atoms with Crippen LogP contribution in [0.3, 0.4) is 0 Å². The molecule has 0 aliphatic carbocycles. The predicted octanol–water partition coefficient (Wildman–Crippen LogP) is 1.96. The molecule has 17 heteroatoms. The summed E-state index contributed by atoms with van der Waals surface area (Å²) >= 11 is 5.69. The van der Waals surface area contributed by atoms with Gasteiger partial charge < -0.3 is 23.7 Å². The molecule has 1 aliphatic rings. The van der Waals surface area contributed by atoms with Crippen molar-refractivity contribution in [3.63, 3.8) is 0 Å². The molecule has 2 aromatic carbocycles. The molecule has 0 N–H and O–H groups in total. The van der Waals surface area contributed by atoms with E-state index in [2.05, 4.69) is 5.10 Å². The second kappa shape index (κ2) is 15.6. The lowest BCUT2D eigenvalue weighted by atomic mass is 9.97. The van der Waals surface area contributed by atoms with Crippen LogP contribution in [-0.2, 0) is 42.9 Å². The van der Waals surface area contributed by atoms with Gasteiger partial charge in [0.05, 0.1) is 0 Å². The maximum atomic E-state index is 14.0. The summed E-state index contributed by atoms with van der Waals surface area (Å²) in [7, 11) is 0. The van der Waals surface area contributed by atoms with Crippen LogP contribution in [0.4, 0.5) is 0 Å². The number of aromatic nitrogens is 3. The topological polar surface area (TPSA) is 192 Å². The molecule has 1 aromatic heterocycles. The predicted molar refractivity (Wildman–Crippen MR) is 169 cm³/mol. The van der Waals surface area contributed by atoms with Crippen molar-refractivity contribution in [2.24, 2.45) is 0 Å². The quantitative estimate of drug-likeness (QED) is 0.136. The summed E-state index contributed by atoms with van der Waals surface area (Å²) in [6.07, 6.45) is -7.81. The number of carbonyl (C=O) groups is 6. The van der Waals surface area contributed by atoms with Crippen LogP contribution in [0.2, 0.25) is 0 Å². The van der Waals surface area contributed by atoms with Crippen LogP contribution >= 0.6 is 12.2 Å². The molecule has 0 radical (unpaired) electrons. The van der Waals surface area contributed by atoms with Gasteiger partial charge in [-0.1, -0.05) is 36.4 Å². The van der Waals surface area contributed by atoms with Gasteiger partial charge >= 0.3 is 23.9 Å². The summed E-state index contributed by atoms with van der Waals surface area (Å²) in [5.41, 5.74) is -1.20. The summed E-state index contributed by atoms with van der Waals surface area (Å²) in [4.78, 5) is 90.5. The van der Waals surface area contributed by atoms with E-state index >= 15 is 0 Å². The maximum absolute atomic E-state index is 14.0. The van der Waals surface area contributed by atoms with Gasteiger partial charge in [0, 0.05) is 38.8 Å². The Morgan fingerprint density at radius 2 is 1.22 bits per heavy atom. The van der Waals surface area contributed by atoms with Crippen molar-refractivity contribution in [3.05, 3.63) is 92.6 Å². The molecule has 0 bridgehead atoms. The van der Waals surface area contributed by atoms with E-state index in [4.69, 9.17) is 35.9 Å². The average Bonchev–Trinajstić information content (AvgIpc) is 3.05. The lowest BCUT2D eigenvalue weighted by molar-refractivity contribution is -0.271. The molecule has 5 atom stereocenters. The fourth-order valence-corrected chi connectivity index (χ4v) is 5.32. The van der Waals surface area contributed by atoms with Crippen LogP contribution in [0, 0.1) is 11.7 Å². The van der Waals surface area contributed by atoms with Gasteiger partial charge in [0.25, 0.3) is 17.4 Å². The van der Waals surface area contributed by atoms with Gasteiger partial charge in [0.15, 0.2) is 24.5 Å². The number of hydrogen-bond acceptors (Lipinski definition) is 14. The van der Waals surface area contributed by atoms with Crippen molar-refractivity contribution in [3.8, 4) is 0 Å². The van der Waals surface area contributed by atoms with Crippen molar-refractivity contribution in [2.75, 3.05) is 11.6 Å². The van der Waals surface area contributed by atoms with E-state index in [1.54, 1.807) is 36.4 Å². The van der Waals surface area contributed by atoms with Crippen molar-refractivity contribution in [1.29, 1.82) is 0 Å². The second-order valence-electron chi connectivity index (χ2n) is 10.7. The smallest absolute Gasteiger partial charge is 0.303 e. The van der Waals surface area contributed by atoms with Crippen molar-refractivity contribution >= 4 is 47.9 Å². The van der Waals surface area contributed by atoms with Gasteiger partial charge in [-0.15, -0.1) is 0 Å². The number of amides is 2. The first-order valence-electron chi connectivity index (χ1n) is 14.7. The van der Waals surface area contributed by atoms with Gasteiger partial charge in [-0.2, -0.15) is 14.8 Å². The van der Waals surface area contributed by atoms with Crippen LogP contribution < -0.4 is 10.6 Å². The molecular formula is C32H32N4O12S. The van der Waals surface area contributed by atoms with E-state index in [0.717, 1.165) is 32.4 Å². The average molecular weight is 697 g/mol. The Morgan fingerprint density at radius 1 is 0.755 bits per heavy atom. The van der Waals surface area contributed by atoms with Crippen molar-refractivity contribution in [1.82, 2.24) is 14.5 Å². The Balaban J connectivity index is 1.99. The van der Waals surface area contributed by atoms with Crippen molar-refractivity contribution < 1.29 is 52.5 Å². The number of imide groups is 1. The number of ether oxygens (including phenoxy) is 5. The van der Waals surface area contributed by atoms with E-state index in [1.807, 2.05) is 0 Å². The molecule has 0 spiro atoms. The summed E-state index contributed by atoms with van der Waals surface area (Å²) in [6, 6.07) is 15.3. The maximum Gasteiger partial charge on any atom is 0.303 e. The number of aryl methyl sites for hydroxylation is 1. The highest BCUT2D eigenvalue weighted by molar-refractivity contribution is 7.71. The zero-order valence-electron chi connectivity index (χ0n) is 27.0. The Kier molecular flexibility index (Phi) is 11.5. The summed E-state index contributed by atoms with van der Waals surface area (Å²) in [5.74, 6) is -5.21. The van der Waals surface area contributed by atoms with E-state index in [0.29, 0.717) is 9.69 Å². The Labute approximate surface area is 284 Å². The van der Waals surface area contributed by atoms with Crippen LogP contribution in [0.25, 0.3) is 0 Å². The van der Waals surface area contributed by atoms with E-state index in [1.165, 1.54) is 31.2 Å². The molecule has 258 valence electrons. The van der Waals surface area contributed by atoms with Crippen LogP contribution in [0.5, 0.6) is 0 Å². The molecule has 3 aromatic rings. The zero-order chi connectivity index (χ0) is 36.0. The number of nitrogens with zero attached hydrogens (tertiary/aromatic N) is 4. The van der Waals surface area contributed by atoms with E-state index in [9.17, 15) is 33.6 Å². The minimum absolute atomic E-state index is 0.0291. The van der Waals surface area contributed by atoms with Crippen LogP contribution in [0.15, 0.2) is 65.5 Å². The molecule has 49 heavy (non-hydrogen) atoms. The third-order valence-electron chi connectivity index (χ3n) is 6.97. The highest BCUT2D eigenvalue weighted by atomic mass is 32.1. The van der Waals surface area contributed by atoms with E-state index < -0.39 is 83.3 Å². The SMILES string of the molecule is CC(=O)OC[C@H]1O[C@@H](n2nc(C)c(=O)n(N(C(=O)c3ccccc3)C(=O)c3ccccc3)c2=S)[C@H](OC(C)=O)[C@@H](OC(C)=O)[C@@H]1OC(C)=O. The lowest BCUT2D eigenvalue weighted by Gasteiger charge is -2.44. The molecule has 2 heterocycles. The van der Waals surface area contributed by atoms with Gasteiger partial charge in [0.1, 0.15) is 18.4 Å². The third kappa shape index (κ3) is 8.31. The minimum atomic E-state index is -1.68. The summed E-state index contributed by atoms with van der Waals surface area (Å²) in [6.45, 7) is 5.01. The first-order valence-corrected chi connectivity index (χ1v) is 15.1. The molecule has 1 aliphatic heterocycles. The van der Waals surface area contributed by atoms with Crippen LogP contribution in [-0.4, -0.2) is 81.2 Å². The minimum Gasteiger partial charge on any atom is -0.463 e. The van der Waals surface area contributed by atoms with E-state index in [-0.39, 0.29) is 16.8 Å². The summed E-state index contributed by atoms with van der Waals surface area (Å²) in [5, 5.41) is 4.79.